The minimum atomic E-state index is 1.20. The van der Waals surface area contributed by atoms with Crippen LogP contribution in [-0.4, -0.2) is 0 Å². The lowest BCUT2D eigenvalue weighted by Gasteiger charge is -1.96. The quantitative estimate of drug-likeness (QED) is 0.520. The average molecular weight is 152 g/mol. The molecule has 0 bridgehead atoms. The van der Waals surface area contributed by atoms with Crippen molar-refractivity contribution in [3.63, 3.8) is 0 Å². The van der Waals surface area contributed by atoms with Gasteiger partial charge in [0.15, 0.2) is 0 Å². The van der Waals surface area contributed by atoms with Crippen LogP contribution in [0.25, 0.3) is 0 Å². The second kappa shape index (κ2) is 7.59. The Kier molecular flexibility index (Phi) is 7.23. The van der Waals surface area contributed by atoms with Gasteiger partial charge in [-0.2, -0.15) is 0 Å². The van der Waals surface area contributed by atoms with Crippen LogP contribution >= 0.6 is 0 Å². The second-order valence-corrected chi connectivity index (χ2v) is 2.95. The highest BCUT2D eigenvalue weighted by atomic mass is 13.9. The molecule has 0 fully saturated rings. The molecule has 0 aliphatic carbocycles. The van der Waals surface area contributed by atoms with E-state index in [1.54, 1.807) is 0 Å². The molecule has 0 aromatic rings. The topological polar surface area (TPSA) is 0 Å². The van der Waals surface area contributed by atoms with E-state index in [0.717, 1.165) is 0 Å². The number of hydrogen-bond acceptors (Lipinski definition) is 0. The monoisotopic (exact) mass is 152 g/mol. The van der Waals surface area contributed by atoms with Gasteiger partial charge in [-0.05, 0) is 33.1 Å². The lowest BCUT2D eigenvalue weighted by Crippen LogP contribution is -1.75. The average Bonchev–Trinajstić information content (AvgIpc) is 2.01. The highest BCUT2D eigenvalue weighted by Gasteiger charge is 1.85. The Hall–Kier alpha value is -0.520. The number of rotatable bonds is 5. The molecule has 0 aliphatic heterocycles. The molecule has 0 amide bonds. The Morgan fingerprint density at radius 2 is 2.00 bits per heavy atom. The van der Waals surface area contributed by atoms with Gasteiger partial charge in [-0.3, -0.25) is 0 Å². The third-order valence-electron chi connectivity index (χ3n) is 1.72. The van der Waals surface area contributed by atoms with Gasteiger partial charge in [0.25, 0.3) is 0 Å². The van der Waals surface area contributed by atoms with Crippen LogP contribution < -0.4 is 0 Å². The fourth-order valence-corrected chi connectivity index (χ4v) is 0.970. The lowest BCUT2D eigenvalue weighted by atomic mass is 10.1. The summed E-state index contributed by atoms with van der Waals surface area (Å²) in [6.45, 7) is 6.51. The van der Waals surface area contributed by atoms with Crippen LogP contribution in [0.15, 0.2) is 23.8 Å². The van der Waals surface area contributed by atoms with Crippen LogP contribution in [0.5, 0.6) is 0 Å². The minimum Gasteiger partial charge on any atom is -0.0917 e. The van der Waals surface area contributed by atoms with Gasteiger partial charge in [-0.1, -0.05) is 37.1 Å². The summed E-state index contributed by atoms with van der Waals surface area (Å²) in [7, 11) is 0. The number of hydrogen-bond donors (Lipinski definition) is 0. The zero-order valence-corrected chi connectivity index (χ0v) is 8.06. The maximum atomic E-state index is 2.35. The fraction of sp³-hybridized carbons (Fsp3) is 0.636. The third kappa shape index (κ3) is 7.38. The van der Waals surface area contributed by atoms with Crippen molar-refractivity contribution in [3.05, 3.63) is 23.8 Å². The van der Waals surface area contributed by atoms with Crippen LogP contribution in [-0.2, 0) is 0 Å². The maximum absolute atomic E-state index is 2.35. The zero-order chi connectivity index (χ0) is 8.53. The van der Waals surface area contributed by atoms with Gasteiger partial charge in [0.2, 0.25) is 0 Å². The van der Waals surface area contributed by atoms with Gasteiger partial charge in [-0.15, -0.1) is 0 Å². The molecule has 0 nitrogen and oxygen atoms in total. The highest BCUT2D eigenvalue weighted by molar-refractivity contribution is 4.99. The summed E-state index contributed by atoms with van der Waals surface area (Å²) in [5, 5.41) is 0. The second-order valence-electron chi connectivity index (χ2n) is 2.95. The summed E-state index contributed by atoms with van der Waals surface area (Å²) in [6, 6.07) is 0. The first-order valence-corrected chi connectivity index (χ1v) is 4.58. The Morgan fingerprint density at radius 3 is 2.55 bits per heavy atom. The number of unbranched alkanes of at least 4 members (excludes halogenated alkanes) is 1. The van der Waals surface area contributed by atoms with Crippen molar-refractivity contribution in [1.82, 2.24) is 0 Å². The van der Waals surface area contributed by atoms with E-state index in [4.69, 9.17) is 0 Å². The molecular formula is C11H20. The first kappa shape index (κ1) is 10.5. The van der Waals surface area contributed by atoms with Gasteiger partial charge < -0.3 is 0 Å². The molecule has 0 aromatic heterocycles. The molecule has 0 spiro atoms. The fourth-order valence-electron chi connectivity index (χ4n) is 0.970. The molecule has 0 aliphatic rings. The summed E-state index contributed by atoms with van der Waals surface area (Å²) >= 11 is 0. The van der Waals surface area contributed by atoms with E-state index in [2.05, 4.69) is 39.0 Å². The third-order valence-corrected chi connectivity index (χ3v) is 1.72. The summed E-state index contributed by atoms with van der Waals surface area (Å²) in [5.74, 6) is 0. The van der Waals surface area contributed by atoms with Gasteiger partial charge in [0, 0.05) is 0 Å². The summed E-state index contributed by atoms with van der Waals surface area (Å²) in [5.41, 5.74) is 1.53. The number of allylic oxidation sites excluding steroid dienone is 4. The predicted molar refractivity (Wildman–Crippen MR) is 52.7 cm³/mol. The largest absolute Gasteiger partial charge is 0.0917 e. The van der Waals surface area contributed by atoms with Crippen molar-refractivity contribution in [2.45, 2.75) is 46.5 Å². The molecule has 0 atom stereocenters. The molecule has 0 saturated carbocycles. The molecule has 0 radical (unpaired) electrons. The van der Waals surface area contributed by atoms with Crippen molar-refractivity contribution in [3.8, 4) is 0 Å². The van der Waals surface area contributed by atoms with Crippen molar-refractivity contribution in [2.75, 3.05) is 0 Å². The van der Waals surface area contributed by atoms with Crippen molar-refractivity contribution < 1.29 is 0 Å². The van der Waals surface area contributed by atoms with Crippen molar-refractivity contribution in [1.29, 1.82) is 0 Å². The summed E-state index contributed by atoms with van der Waals surface area (Å²) in [4.78, 5) is 0. The molecular weight excluding hydrogens is 132 g/mol. The van der Waals surface area contributed by atoms with Crippen LogP contribution in [0.4, 0.5) is 0 Å². The van der Waals surface area contributed by atoms with E-state index in [-0.39, 0.29) is 0 Å². The highest BCUT2D eigenvalue weighted by Crippen LogP contribution is 2.06. The van der Waals surface area contributed by atoms with Gasteiger partial charge >= 0.3 is 0 Å². The molecule has 0 aromatic carbocycles. The van der Waals surface area contributed by atoms with Crippen molar-refractivity contribution >= 4 is 0 Å². The maximum Gasteiger partial charge on any atom is -0.0288 e. The van der Waals surface area contributed by atoms with E-state index in [1.165, 1.54) is 31.3 Å². The Morgan fingerprint density at radius 1 is 1.27 bits per heavy atom. The predicted octanol–water partition coefficient (Wildman–Crippen LogP) is 4.09. The van der Waals surface area contributed by atoms with E-state index in [9.17, 15) is 0 Å². The van der Waals surface area contributed by atoms with E-state index in [0.29, 0.717) is 0 Å². The van der Waals surface area contributed by atoms with Crippen LogP contribution in [0.2, 0.25) is 0 Å². The Balaban J connectivity index is 3.42. The Labute approximate surface area is 71.0 Å². The molecule has 0 unspecified atom stereocenters. The van der Waals surface area contributed by atoms with Crippen LogP contribution in [0, 0.1) is 0 Å². The first-order chi connectivity index (χ1) is 5.31. The molecule has 0 rings (SSSR count). The molecule has 0 heteroatoms. The Bertz CT molecular complexity index is 129. The standard InChI is InChI=1S/C11H20/c1-4-6-8-10-11(3)9-7-5-2/h4,6,9H,5,7-8,10H2,1-3H3. The lowest BCUT2D eigenvalue weighted by molar-refractivity contribution is 0.911. The smallest absolute Gasteiger partial charge is 0.0288 e. The SMILES string of the molecule is CC=CCCC(C)=CCCC. The molecule has 64 valence electrons. The van der Waals surface area contributed by atoms with E-state index in [1.807, 2.05) is 0 Å². The first-order valence-electron chi connectivity index (χ1n) is 4.58. The minimum absolute atomic E-state index is 1.20. The summed E-state index contributed by atoms with van der Waals surface area (Å²) in [6.07, 6.45) is 11.6. The van der Waals surface area contributed by atoms with E-state index < -0.39 is 0 Å². The zero-order valence-electron chi connectivity index (χ0n) is 8.06. The van der Waals surface area contributed by atoms with Gasteiger partial charge in [0.1, 0.15) is 0 Å². The van der Waals surface area contributed by atoms with Crippen LogP contribution in [0.3, 0.4) is 0 Å². The molecule has 0 saturated heterocycles. The molecule has 11 heavy (non-hydrogen) atoms. The van der Waals surface area contributed by atoms with E-state index >= 15 is 0 Å². The summed E-state index contributed by atoms with van der Waals surface area (Å²) < 4.78 is 0. The molecule has 0 N–H and O–H groups in total. The van der Waals surface area contributed by atoms with Gasteiger partial charge in [-0.25, -0.2) is 0 Å². The van der Waals surface area contributed by atoms with Crippen molar-refractivity contribution in [2.24, 2.45) is 0 Å². The van der Waals surface area contributed by atoms with Crippen LogP contribution in [0.1, 0.15) is 46.5 Å². The molecule has 0 heterocycles. The normalized spacial score (nSPS) is 12.8. The van der Waals surface area contributed by atoms with Gasteiger partial charge in [0.05, 0.1) is 0 Å².